The second kappa shape index (κ2) is 10.0. The summed E-state index contributed by atoms with van der Waals surface area (Å²) < 4.78 is 1.81. The van der Waals surface area contributed by atoms with Gasteiger partial charge in [0.25, 0.3) is 0 Å². The van der Waals surface area contributed by atoms with Gasteiger partial charge in [-0.1, -0.05) is 17.7 Å². The minimum Gasteiger partial charge on any atom is -0.368 e. The predicted molar refractivity (Wildman–Crippen MR) is 119 cm³/mol. The van der Waals surface area contributed by atoms with Crippen LogP contribution in [0.4, 0.5) is 5.69 Å². The molecule has 1 aromatic carbocycles. The van der Waals surface area contributed by atoms with Crippen molar-refractivity contribution in [3.05, 3.63) is 47.2 Å². The van der Waals surface area contributed by atoms with Crippen LogP contribution in [0.2, 0.25) is 5.02 Å². The van der Waals surface area contributed by atoms with Crippen LogP contribution in [0, 0.1) is 0 Å². The van der Waals surface area contributed by atoms with Gasteiger partial charge in [-0.3, -0.25) is 4.68 Å². The van der Waals surface area contributed by atoms with Crippen molar-refractivity contribution in [1.82, 2.24) is 20.0 Å². The number of aryl methyl sites for hydroxylation is 1. The van der Waals surface area contributed by atoms with Crippen LogP contribution in [0.25, 0.3) is 0 Å². The van der Waals surface area contributed by atoms with Gasteiger partial charge in [0.05, 0.1) is 12.7 Å². The third-order valence-electron chi connectivity index (χ3n) is 4.26. The molecule has 0 saturated carbocycles. The van der Waals surface area contributed by atoms with Crippen LogP contribution in [-0.4, -0.2) is 53.4 Å². The van der Waals surface area contributed by atoms with E-state index in [2.05, 4.69) is 33.2 Å². The number of rotatable bonds is 4. The van der Waals surface area contributed by atoms with Gasteiger partial charge in [-0.15, -0.1) is 24.0 Å². The molecule has 0 amide bonds. The first-order chi connectivity index (χ1) is 12.2. The molecule has 8 heteroatoms. The summed E-state index contributed by atoms with van der Waals surface area (Å²) in [4.78, 5) is 9.46. The van der Waals surface area contributed by atoms with Crippen LogP contribution in [-0.2, 0) is 13.6 Å². The van der Waals surface area contributed by atoms with E-state index in [0.717, 1.165) is 49.3 Å². The summed E-state index contributed by atoms with van der Waals surface area (Å²) in [5, 5.41) is 8.39. The number of guanidine groups is 1. The Morgan fingerprint density at radius 1 is 1.27 bits per heavy atom. The Kier molecular flexibility index (Phi) is 8.02. The molecule has 1 saturated heterocycles. The number of nitrogens with zero attached hydrogens (tertiary/aromatic N) is 5. The quantitative estimate of drug-likeness (QED) is 0.408. The predicted octanol–water partition coefficient (Wildman–Crippen LogP) is 2.98. The first kappa shape index (κ1) is 20.8. The van der Waals surface area contributed by atoms with Crippen molar-refractivity contribution in [1.29, 1.82) is 0 Å². The van der Waals surface area contributed by atoms with Crippen molar-refractivity contribution in [2.24, 2.45) is 12.0 Å². The molecule has 0 bridgehead atoms. The molecule has 26 heavy (non-hydrogen) atoms. The number of benzene rings is 1. The van der Waals surface area contributed by atoms with Crippen LogP contribution in [0.3, 0.4) is 0 Å². The summed E-state index contributed by atoms with van der Waals surface area (Å²) >= 11 is 6.11. The van der Waals surface area contributed by atoms with Gasteiger partial charge in [0, 0.05) is 62.2 Å². The topological polar surface area (TPSA) is 48.7 Å². The molecule has 1 fully saturated rings. The second-order valence-corrected chi connectivity index (χ2v) is 6.58. The van der Waals surface area contributed by atoms with E-state index in [1.165, 1.54) is 5.69 Å². The van der Waals surface area contributed by atoms with Crippen molar-refractivity contribution >= 4 is 47.2 Å². The Bertz CT molecular complexity index is 724. The number of aliphatic imine (C=N–C) groups is 1. The molecule has 0 unspecified atom stereocenters. The molecule has 0 atom stereocenters. The monoisotopic (exact) mass is 488 g/mol. The Morgan fingerprint density at radius 3 is 2.65 bits per heavy atom. The van der Waals surface area contributed by atoms with Crippen molar-refractivity contribution in [2.45, 2.75) is 13.5 Å². The van der Waals surface area contributed by atoms with Gasteiger partial charge in [-0.2, -0.15) is 5.10 Å². The highest BCUT2D eigenvalue weighted by atomic mass is 127. The van der Waals surface area contributed by atoms with E-state index in [-0.39, 0.29) is 24.0 Å². The molecule has 3 rings (SSSR count). The molecule has 1 aromatic heterocycles. The van der Waals surface area contributed by atoms with E-state index in [1.54, 1.807) is 0 Å². The molecular formula is C18H26ClIN6. The molecule has 2 aromatic rings. The van der Waals surface area contributed by atoms with Crippen LogP contribution in [0.1, 0.15) is 12.5 Å². The lowest BCUT2D eigenvalue weighted by Crippen LogP contribution is -2.52. The zero-order valence-corrected chi connectivity index (χ0v) is 18.3. The molecule has 0 spiro atoms. The highest BCUT2D eigenvalue weighted by molar-refractivity contribution is 14.0. The SMILES string of the molecule is CCNC(=NCc1cnn(C)c1)N1CCN(c2cccc(Cl)c2)CC1.I. The van der Waals surface area contributed by atoms with E-state index in [0.29, 0.717) is 6.54 Å². The Balaban J connectivity index is 0.00000243. The summed E-state index contributed by atoms with van der Waals surface area (Å²) in [6.07, 6.45) is 3.87. The van der Waals surface area contributed by atoms with Crippen LogP contribution >= 0.6 is 35.6 Å². The fourth-order valence-corrected chi connectivity index (χ4v) is 3.18. The Morgan fingerprint density at radius 2 is 2.04 bits per heavy atom. The largest absolute Gasteiger partial charge is 0.368 e. The van der Waals surface area contributed by atoms with Gasteiger partial charge in [-0.25, -0.2) is 4.99 Å². The van der Waals surface area contributed by atoms with E-state index >= 15 is 0 Å². The Labute approximate surface area is 177 Å². The lowest BCUT2D eigenvalue weighted by Gasteiger charge is -2.37. The number of aromatic nitrogens is 2. The average Bonchev–Trinajstić information content (AvgIpc) is 3.04. The molecule has 142 valence electrons. The second-order valence-electron chi connectivity index (χ2n) is 6.15. The molecule has 2 heterocycles. The summed E-state index contributed by atoms with van der Waals surface area (Å²) in [5.74, 6) is 0.970. The van der Waals surface area contributed by atoms with Gasteiger partial charge < -0.3 is 15.1 Å². The van der Waals surface area contributed by atoms with Crippen LogP contribution < -0.4 is 10.2 Å². The number of piperazine rings is 1. The van der Waals surface area contributed by atoms with Crippen molar-refractivity contribution in [3.8, 4) is 0 Å². The van der Waals surface area contributed by atoms with Crippen molar-refractivity contribution in [2.75, 3.05) is 37.6 Å². The van der Waals surface area contributed by atoms with Crippen LogP contribution in [0.5, 0.6) is 0 Å². The minimum absolute atomic E-state index is 0. The molecule has 6 nitrogen and oxygen atoms in total. The minimum atomic E-state index is 0. The van der Waals surface area contributed by atoms with E-state index in [1.807, 2.05) is 42.3 Å². The van der Waals surface area contributed by atoms with E-state index < -0.39 is 0 Å². The summed E-state index contributed by atoms with van der Waals surface area (Å²) in [7, 11) is 1.92. The van der Waals surface area contributed by atoms with Gasteiger partial charge in [-0.05, 0) is 25.1 Å². The lowest BCUT2D eigenvalue weighted by atomic mass is 10.2. The molecular weight excluding hydrogens is 463 g/mol. The first-order valence-electron chi connectivity index (χ1n) is 8.67. The third-order valence-corrected chi connectivity index (χ3v) is 4.49. The maximum Gasteiger partial charge on any atom is 0.194 e. The normalized spacial score (nSPS) is 15.0. The maximum absolute atomic E-state index is 6.11. The molecule has 0 radical (unpaired) electrons. The van der Waals surface area contributed by atoms with E-state index in [4.69, 9.17) is 16.6 Å². The number of hydrogen-bond donors (Lipinski definition) is 1. The summed E-state index contributed by atoms with van der Waals surface area (Å²) in [6.45, 7) is 7.39. The van der Waals surface area contributed by atoms with Crippen LogP contribution in [0.15, 0.2) is 41.7 Å². The highest BCUT2D eigenvalue weighted by Gasteiger charge is 2.20. The molecule has 1 N–H and O–H groups in total. The number of anilines is 1. The van der Waals surface area contributed by atoms with Gasteiger partial charge in [0.2, 0.25) is 0 Å². The zero-order chi connectivity index (χ0) is 17.6. The number of nitrogens with one attached hydrogen (secondary N) is 1. The van der Waals surface area contributed by atoms with Crippen molar-refractivity contribution < 1.29 is 0 Å². The fraction of sp³-hybridized carbons (Fsp3) is 0.444. The highest BCUT2D eigenvalue weighted by Crippen LogP contribution is 2.20. The maximum atomic E-state index is 6.11. The molecule has 0 aliphatic carbocycles. The third kappa shape index (κ3) is 5.51. The molecule has 1 aliphatic heterocycles. The smallest absolute Gasteiger partial charge is 0.194 e. The molecule has 1 aliphatic rings. The number of halogens is 2. The average molecular weight is 489 g/mol. The first-order valence-corrected chi connectivity index (χ1v) is 9.05. The fourth-order valence-electron chi connectivity index (χ4n) is 2.99. The summed E-state index contributed by atoms with van der Waals surface area (Å²) in [6, 6.07) is 8.06. The zero-order valence-electron chi connectivity index (χ0n) is 15.2. The van der Waals surface area contributed by atoms with Gasteiger partial charge in [0.1, 0.15) is 0 Å². The van der Waals surface area contributed by atoms with Gasteiger partial charge in [0.15, 0.2) is 5.96 Å². The Hall–Kier alpha value is -1.48. The number of hydrogen-bond acceptors (Lipinski definition) is 3. The van der Waals surface area contributed by atoms with Gasteiger partial charge >= 0.3 is 0 Å². The standard InChI is InChI=1S/C18H25ClN6.HI/c1-3-20-18(21-12-15-13-22-23(2)14-15)25-9-7-24(8-10-25)17-6-4-5-16(19)11-17;/h4-6,11,13-14H,3,7-10,12H2,1-2H3,(H,20,21);1H. The summed E-state index contributed by atoms with van der Waals surface area (Å²) in [5.41, 5.74) is 2.31. The lowest BCUT2D eigenvalue weighted by molar-refractivity contribution is 0.372. The van der Waals surface area contributed by atoms with E-state index in [9.17, 15) is 0 Å². The van der Waals surface area contributed by atoms with Crippen molar-refractivity contribution in [3.63, 3.8) is 0 Å².